The van der Waals surface area contributed by atoms with E-state index in [0.29, 0.717) is 6.42 Å². The van der Waals surface area contributed by atoms with E-state index in [-0.39, 0.29) is 18.9 Å². The van der Waals surface area contributed by atoms with Crippen molar-refractivity contribution in [3.05, 3.63) is 24.3 Å². The molecule has 3 fully saturated rings. The highest BCUT2D eigenvalue weighted by Crippen LogP contribution is 2.33. The minimum Gasteiger partial charge on any atom is -0.394 e. The smallest absolute Gasteiger partial charge is 0.220 e. The normalized spacial score (nSPS) is 26.8. The molecular weight excluding hydrogens is 1250 g/mol. The lowest BCUT2D eigenvalue weighted by molar-refractivity contribution is -0.379. The lowest BCUT2D eigenvalue weighted by Crippen LogP contribution is -2.66. The third-order valence-corrected chi connectivity index (χ3v) is 20.5. The van der Waals surface area contributed by atoms with Crippen LogP contribution >= 0.6 is 0 Å². The highest BCUT2D eigenvalue weighted by atomic mass is 16.8. The van der Waals surface area contributed by atoms with Crippen molar-refractivity contribution in [2.45, 2.75) is 446 Å². The van der Waals surface area contributed by atoms with Gasteiger partial charge in [0.15, 0.2) is 18.9 Å². The average Bonchev–Trinajstić information content (AvgIpc) is 0.785. The Balaban J connectivity index is 1.38. The van der Waals surface area contributed by atoms with Gasteiger partial charge in [0.2, 0.25) is 5.91 Å². The number of allylic oxidation sites excluding steroid dienone is 3. The Morgan fingerprint density at radius 2 is 0.643 bits per heavy atom. The van der Waals surface area contributed by atoms with Gasteiger partial charge in [-0.15, -0.1) is 0 Å². The molecule has 3 aliphatic rings. The zero-order valence-electron chi connectivity index (χ0n) is 61.8. The van der Waals surface area contributed by atoms with E-state index in [9.17, 15) is 61.0 Å². The summed E-state index contributed by atoms with van der Waals surface area (Å²) in [5.74, 6) is -0.270. The third-order valence-electron chi connectivity index (χ3n) is 20.5. The van der Waals surface area contributed by atoms with Crippen molar-refractivity contribution < 1.29 is 89.4 Å². The maximum atomic E-state index is 13.5. The maximum absolute atomic E-state index is 13.5. The molecule has 17 unspecified atom stereocenters. The van der Waals surface area contributed by atoms with Crippen LogP contribution in [-0.4, -0.2) is 193 Å². The first-order valence-corrected chi connectivity index (χ1v) is 40.6. The number of carbonyl (C=O) groups is 1. The SMILES string of the molecule is CCCCCCCCCC/C=C\CCCCCCCCCCCCCC(=O)NC(COC1OC(CO)C(OC2OC(CO)C(OC3OC(CO)C(O)C(O)C3O)C(O)C2O)C(O)C1O)C(O)/C=C/CCCCCCCCCCCCCCCCCCCCCCCCCCCCCC. The first-order valence-electron chi connectivity index (χ1n) is 40.6. The highest BCUT2D eigenvalue weighted by Gasteiger charge is 2.54. The summed E-state index contributed by atoms with van der Waals surface area (Å²) < 4.78 is 34.5. The van der Waals surface area contributed by atoms with Gasteiger partial charge in [-0.3, -0.25) is 4.79 Å². The van der Waals surface area contributed by atoms with Crippen LogP contribution in [0.25, 0.3) is 0 Å². The summed E-state index contributed by atoms with van der Waals surface area (Å²) in [6.45, 7) is 1.79. The minimum atomic E-state index is -1.98. The molecule has 0 aromatic carbocycles. The first kappa shape index (κ1) is 90.5. The summed E-state index contributed by atoms with van der Waals surface area (Å²) in [7, 11) is 0. The Kier molecular flexibility index (Phi) is 55.9. The third kappa shape index (κ3) is 40.5. The molecule has 3 saturated heterocycles. The molecule has 0 bridgehead atoms. The van der Waals surface area contributed by atoms with Crippen molar-refractivity contribution in [2.75, 3.05) is 26.4 Å². The number of aliphatic hydroxyl groups excluding tert-OH is 11. The summed E-state index contributed by atoms with van der Waals surface area (Å²) in [5.41, 5.74) is 0. The zero-order chi connectivity index (χ0) is 71.1. The number of amides is 1. The molecule has 98 heavy (non-hydrogen) atoms. The second-order valence-corrected chi connectivity index (χ2v) is 29.2. The molecule has 0 saturated carbocycles. The second-order valence-electron chi connectivity index (χ2n) is 29.2. The van der Waals surface area contributed by atoms with Crippen LogP contribution < -0.4 is 5.32 Å². The summed E-state index contributed by atoms with van der Waals surface area (Å²) in [4.78, 5) is 13.5. The molecule has 0 aromatic rings. The summed E-state index contributed by atoms with van der Waals surface area (Å²) in [6, 6.07) is -0.973. The van der Waals surface area contributed by atoms with Crippen LogP contribution in [0.3, 0.4) is 0 Å². The van der Waals surface area contributed by atoms with Crippen molar-refractivity contribution >= 4 is 5.91 Å². The summed E-state index contributed by atoms with van der Waals surface area (Å²) in [6.07, 6.45) is 45.9. The van der Waals surface area contributed by atoms with Gasteiger partial charge in [-0.05, 0) is 44.9 Å². The van der Waals surface area contributed by atoms with Crippen LogP contribution in [-0.2, 0) is 33.2 Å². The van der Waals surface area contributed by atoms with E-state index < -0.39 is 124 Å². The molecule has 0 aliphatic carbocycles. The van der Waals surface area contributed by atoms with Crippen LogP contribution in [0.1, 0.15) is 341 Å². The van der Waals surface area contributed by atoms with E-state index >= 15 is 0 Å². The van der Waals surface area contributed by atoms with Crippen molar-refractivity contribution in [1.29, 1.82) is 0 Å². The zero-order valence-corrected chi connectivity index (χ0v) is 61.8. The van der Waals surface area contributed by atoms with Crippen molar-refractivity contribution in [3.63, 3.8) is 0 Å². The first-order chi connectivity index (χ1) is 47.8. The number of carbonyl (C=O) groups excluding carboxylic acids is 1. The molecule has 3 heterocycles. The lowest BCUT2D eigenvalue weighted by atomic mass is 9.96. The number of ether oxygens (including phenoxy) is 6. The fourth-order valence-corrected chi connectivity index (χ4v) is 14.0. The standard InChI is InChI=1S/C79H149NO18/c1-3-5-7-9-11-13-15-17-19-21-23-25-27-28-29-30-31-32-33-35-36-38-40-42-44-46-48-50-52-54-56-63(84)62(80-67(85)57-55-53-51-49-47-45-43-41-39-37-34-26-24-22-20-18-16-14-12-10-8-6-4-2)61-93-77-73(91)70(88)75(65(59-82)95-77)98-79-74(92)71(89)76(66(60-83)96-79)97-78-72(90)69(87)68(86)64(58-81)94-78/h22,24,54,56,62-66,68-79,81-84,86-92H,3-21,23,25-53,55,57-61H2,1-2H3,(H,80,85)/b24-22-,56-54+. The average molecular weight is 1400 g/mol. The largest absolute Gasteiger partial charge is 0.394 e. The van der Waals surface area contributed by atoms with E-state index in [0.717, 1.165) is 44.9 Å². The molecule has 19 heteroatoms. The van der Waals surface area contributed by atoms with Crippen LogP contribution in [0.4, 0.5) is 0 Å². The summed E-state index contributed by atoms with van der Waals surface area (Å²) >= 11 is 0. The maximum Gasteiger partial charge on any atom is 0.220 e. The van der Waals surface area contributed by atoms with Crippen molar-refractivity contribution in [2.24, 2.45) is 0 Å². The summed E-state index contributed by atoms with van der Waals surface area (Å²) in [5, 5.41) is 121. The highest BCUT2D eigenvalue weighted by molar-refractivity contribution is 5.76. The van der Waals surface area contributed by atoms with Crippen molar-refractivity contribution in [1.82, 2.24) is 5.32 Å². The minimum absolute atomic E-state index is 0.245. The van der Waals surface area contributed by atoms with Gasteiger partial charge >= 0.3 is 0 Å². The molecule has 1 amide bonds. The van der Waals surface area contributed by atoms with Gasteiger partial charge in [0, 0.05) is 6.42 Å². The molecule has 12 N–H and O–H groups in total. The Hall–Kier alpha value is -1.73. The number of aliphatic hydroxyl groups is 11. The Labute approximate surface area is 594 Å². The number of rotatable bonds is 65. The Morgan fingerprint density at radius 3 is 0.990 bits per heavy atom. The lowest BCUT2D eigenvalue weighted by Gasteiger charge is -2.48. The molecule has 19 nitrogen and oxygen atoms in total. The monoisotopic (exact) mass is 1400 g/mol. The van der Waals surface area contributed by atoms with Gasteiger partial charge < -0.3 is 89.9 Å². The van der Waals surface area contributed by atoms with Crippen molar-refractivity contribution in [3.8, 4) is 0 Å². The topological polar surface area (TPSA) is 307 Å². The quantitative estimate of drug-likeness (QED) is 0.0199. The molecule has 3 aliphatic heterocycles. The Morgan fingerprint density at radius 1 is 0.357 bits per heavy atom. The van der Waals surface area contributed by atoms with Gasteiger partial charge in [0.25, 0.3) is 0 Å². The fraction of sp³-hybridized carbons (Fsp3) is 0.937. The van der Waals surface area contributed by atoms with Crippen LogP contribution in [0.15, 0.2) is 24.3 Å². The van der Waals surface area contributed by atoms with Gasteiger partial charge in [-0.1, -0.05) is 314 Å². The Bertz CT molecular complexity index is 1870. The number of hydrogen-bond acceptors (Lipinski definition) is 18. The predicted octanol–water partition coefficient (Wildman–Crippen LogP) is 13.3. The van der Waals surface area contributed by atoms with E-state index in [1.807, 2.05) is 6.08 Å². The van der Waals surface area contributed by atoms with Crippen LogP contribution in [0, 0.1) is 0 Å². The molecule has 0 radical (unpaired) electrons. The van der Waals surface area contributed by atoms with Gasteiger partial charge in [-0.25, -0.2) is 0 Å². The van der Waals surface area contributed by atoms with E-state index in [1.165, 1.54) is 270 Å². The van der Waals surface area contributed by atoms with E-state index in [4.69, 9.17) is 28.4 Å². The molecule has 17 atom stereocenters. The fourth-order valence-electron chi connectivity index (χ4n) is 14.0. The van der Waals surface area contributed by atoms with Gasteiger partial charge in [0.05, 0.1) is 38.6 Å². The molecule has 0 aromatic heterocycles. The van der Waals surface area contributed by atoms with Crippen LogP contribution in [0.5, 0.6) is 0 Å². The molecule has 3 rings (SSSR count). The second kappa shape index (κ2) is 60.5. The van der Waals surface area contributed by atoms with E-state index in [1.54, 1.807) is 6.08 Å². The number of unbranched alkanes of at least 4 members (excludes halogenated alkanes) is 47. The van der Waals surface area contributed by atoms with Crippen LogP contribution in [0.2, 0.25) is 0 Å². The number of nitrogens with one attached hydrogen (secondary N) is 1. The molecule has 0 spiro atoms. The van der Waals surface area contributed by atoms with Gasteiger partial charge in [-0.2, -0.15) is 0 Å². The predicted molar refractivity (Wildman–Crippen MR) is 388 cm³/mol. The van der Waals surface area contributed by atoms with E-state index in [2.05, 4.69) is 31.3 Å². The van der Waals surface area contributed by atoms with Gasteiger partial charge in [0.1, 0.15) is 73.2 Å². The molecule has 578 valence electrons. The molecular formula is C79H149NO18. The number of hydrogen-bond donors (Lipinski definition) is 12.